The molecule has 0 saturated carbocycles. The number of aromatic nitrogens is 2. The zero-order valence-electron chi connectivity index (χ0n) is 13.2. The average molecular weight is 355 g/mol. The SMILES string of the molecule is CC(C)N(C)S(=O)(=O)c1ccc(CNc2ncncc2Cl)cc1. The fourth-order valence-corrected chi connectivity index (χ4v) is 3.39. The molecule has 8 heteroatoms. The molecule has 1 aromatic heterocycles. The molecule has 0 atom stereocenters. The Labute approximate surface area is 141 Å². The van der Waals surface area contributed by atoms with Crippen LogP contribution in [-0.4, -0.2) is 35.8 Å². The molecule has 23 heavy (non-hydrogen) atoms. The number of halogens is 1. The van der Waals surface area contributed by atoms with E-state index in [1.54, 1.807) is 31.3 Å². The molecule has 0 fully saturated rings. The van der Waals surface area contributed by atoms with E-state index in [4.69, 9.17) is 11.6 Å². The van der Waals surface area contributed by atoms with Gasteiger partial charge in [-0.15, -0.1) is 0 Å². The van der Waals surface area contributed by atoms with Crippen molar-refractivity contribution in [3.05, 3.63) is 47.4 Å². The maximum absolute atomic E-state index is 12.4. The van der Waals surface area contributed by atoms with Gasteiger partial charge in [0.2, 0.25) is 10.0 Å². The van der Waals surface area contributed by atoms with Crippen LogP contribution >= 0.6 is 11.6 Å². The third-order valence-electron chi connectivity index (χ3n) is 3.46. The molecule has 0 amide bonds. The second-order valence-electron chi connectivity index (χ2n) is 5.33. The highest BCUT2D eigenvalue weighted by atomic mass is 35.5. The number of anilines is 1. The summed E-state index contributed by atoms with van der Waals surface area (Å²) >= 11 is 5.97. The van der Waals surface area contributed by atoms with Crippen molar-refractivity contribution in [3.63, 3.8) is 0 Å². The van der Waals surface area contributed by atoms with Crippen LogP contribution in [-0.2, 0) is 16.6 Å². The van der Waals surface area contributed by atoms with Gasteiger partial charge >= 0.3 is 0 Å². The molecule has 0 aliphatic heterocycles. The van der Waals surface area contributed by atoms with Crippen LogP contribution in [0.15, 0.2) is 41.7 Å². The van der Waals surface area contributed by atoms with Crippen LogP contribution in [0.1, 0.15) is 19.4 Å². The molecule has 1 N–H and O–H groups in total. The molecule has 124 valence electrons. The topological polar surface area (TPSA) is 75.2 Å². The zero-order chi connectivity index (χ0) is 17.0. The number of rotatable bonds is 6. The Balaban J connectivity index is 2.10. The van der Waals surface area contributed by atoms with Crippen LogP contribution in [0.25, 0.3) is 0 Å². The zero-order valence-corrected chi connectivity index (χ0v) is 14.8. The minimum Gasteiger partial charge on any atom is -0.365 e. The van der Waals surface area contributed by atoms with Gasteiger partial charge in [0.05, 0.1) is 11.1 Å². The van der Waals surface area contributed by atoms with Gasteiger partial charge in [0.1, 0.15) is 17.2 Å². The van der Waals surface area contributed by atoms with E-state index in [1.165, 1.54) is 16.8 Å². The van der Waals surface area contributed by atoms with Crippen molar-refractivity contribution >= 4 is 27.4 Å². The minimum atomic E-state index is -3.46. The summed E-state index contributed by atoms with van der Waals surface area (Å²) in [5.41, 5.74) is 0.922. The molecule has 2 aromatic rings. The van der Waals surface area contributed by atoms with Gasteiger partial charge in [-0.1, -0.05) is 23.7 Å². The Morgan fingerprint density at radius 2 is 1.91 bits per heavy atom. The van der Waals surface area contributed by atoms with Gasteiger partial charge in [0, 0.05) is 19.6 Å². The molecule has 0 spiro atoms. The predicted octanol–water partition coefficient (Wildman–Crippen LogP) is 2.77. The predicted molar refractivity (Wildman–Crippen MR) is 90.9 cm³/mol. The van der Waals surface area contributed by atoms with E-state index in [1.807, 2.05) is 13.8 Å². The summed E-state index contributed by atoms with van der Waals surface area (Å²) < 4.78 is 26.1. The molecule has 0 saturated heterocycles. The van der Waals surface area contributed by atoms with Crippen molar-refractivity contribution in [2.24, 2.45) is 0 Å². The lowest BCUT2D eigenvalue weighted by atomic mass is 10.2. The number of nitrogens with one attached hydrogen (secondary N) is 1. The summed E-state index contributed by atoms with van der Waals surface area (Å²) in [5, 5.41) is 3.52. The maximum atomic E-state index is 12.4. The monoisotopic (exact) mass is 354 g/mol. The largest absolute Gasteiger partial charge is 0.365 e. The average Bonchev–Trinajstić information content (AvgIpc) is 2.53. The fourth-order valence-electron chi connectivity index (χ4n) is 1.85. The second kappa shape index (κ2) is 7.25. The highest BCUT2D eigenvalue weighted by Gasteiger charge is 2.22. The van der Waals surface area contributed by atoms with Gasteiger partial charge < -0.3 is 5.32 Å². The first kappa shape index (κ1) is 17.7. The van der Waals surface area contributed by atoms with Crippen LogP contribution in [0, 0.1) is 0 Å². The van der Waals surface area contributed by atoms with Gasteiger partial charge in [-0.05, 0) is 31.5 Å². The molecule has 2 rings (SSSR count). The first-order valence-corrected chi connectivity index (χ1v) is 8.90. The molecular formula is C15H19ClN4O2S. The first-order valence-electron chi connectivity index (χ1n) is 7.08. The normalized spacial score (nSPS) is 11.9. The van der Waals surface area contributed by atoms with E-state index in [0.717, 1.165) is 5.56 Å². The van der Waals surface area contributed by atoms with Crippen molar-refractivity contribution < 1.29 is 8.42 Å². The van der Waals surface area contributed by atoms with Gasteiger partial charge in [-0.3, -0.25) is 0 Å². The van der Waals surface area contributed by atoms with Gasteiger partial charge in [0.15, 0.2) is 0 Å². The van der Waals surface area contributed by atoms with Crippen LogP contribution in [0.5, 0.6) is 0 Å². The van der Waals surface area contributed by atoms with Crippen LogP contribution in [0.3, 0.4) is 0 Å². The summed E-state index contributed by atoms with van der Waals surface area (Å²) in [6.45, 7) is 4.15. The van der Waals surface area contributed by atoms with E-state index in [2.05, 4.69) is 15.3 Å². The highest BCUT2D eigenvalue weighted by molar-refractivity contribution is 7.89. The number of hydrogen-bond donors (Lipinski definition) is 1. The maximum Gasteiger partial charge on any atom is 0.243 e. The minimum absolute atomic E-state index is 0.0961. The van der Waals surface area contributed by atoms with Gasteiger partial charge in [-0.2, -0.15) is 4.31 Å². The molecule has 0 radical (unpaired) electrons. The summed E-state index contributed by atoms with van der Waals surface area (Å²) in [4.78, 5) is 8.13. The highest BCUT2D eigenvalue weighted by Crippen LogP contribution is 2.19. The number of nitrogens with zero attached hydrogens (tertiary/aromatic N) is 3. The quantitative estimate of drug-likeness (QED) is 0.863. The molecule has 0 aliphatic rings. The fraction of sp³-hybridized carbons (Fsp3) is 0.333. The summed E-state index contributed by atoms with van der Waals surface area (Å²) in [6, 6.07) is 6.65. The smallest absolute Gasteiger partial charge is 0.243 e. The first-order chi connectivity index (χ1) is 10.8. The van der Waals surface area contributed by atoms with E-state index >= 15 is 0 Å². The van der Waals surface area contributed by atoms with Crippen molar-refractivity contribution in [1.29, 1.82) is 0 Å². The Morgan fingerprint density at radius 3 is 2.48 bits per heavy atom. The Morgan fingerprint density at radius 1 is 1.26 bits per heavy atom. The molecule has 6 nitrogen and oxygen atoms in total. The summed E-state index contributed by atoms with van der Waals surface area (Å²) in [5.74, 6) is 0.540. The lowest BCUT2D eigenvalue weighted by molar-refractivity contribution is 0.410. The van der Waals surface area contributed by atoms with Crippen molar-refractivity contribution in [2.45, 2.75) is 31.3 Å². The summed E-state index contributed by atoms with van der Waals surface area (Å²) in [7, 11) is -1.88. The molecule has 0 unspecified atom stereocenters. The number of hydrogen-bond acceptors (Lipinski definition) is 5. The summed E-state index contributed by atoms with van der Waals surface area (Å²) in [6.07, 6.45) is 2.92. The van der Waals surface area contributed by atoms with E-state index < -0.39 is 10.0 Å². The Hall–Kier alpha value is -1.70. The molecule has 0 aliphatic carbocycles. The van der Waals surface area contributed by atoms with Crippen LogP contribution in [0.4, 0.5) is 5.82 Å². The standard InChI is InChI=1S/C15H19ClN4O2S/c1-11(2)20(3)23(21,22)13-6-4-12(5-7-13)8-18-15-14(16)9-17-10-19-15/h4-7,9-11H,8H2,1-3H3,(H,17,18,19). The van der Waals surface area contributed by atoms with Crippen molar-refractivity contribution in [1.82, 2.24) is 14.3 Å². The van der Waals surface area contributed by atoms with E-state index in [-0.39, 0.29) is 10.9 Å². The lowest BCUT2D eigenvalue weighted by Crippen LogP contribution is -2.33. The van der Waals surface area contributed by atoms with Gasteiger partial charge in [-0.25, -0.2) is 18.4 Å². The van der Waals surface area contributed by atoms with Crippen molar-refractivity contribution in [3.8, 4) is 0 Å². The molecule has 1 aromatic carbocycles. The molecule has 1 heterocycles. The van der Waals surface area contributed by atoms with E-state index in [0.29, 0.717) is 17.4 Å². The molecular weight excluding hydrogens is 336 g/mol. The Kier molecular flexibility index (Phi) is 5.56. The lowest BCUT2D eigenvalue weighted by Gasteiger charge is -2.21. The second-order valence-corrected chi connectivity index (χ2v) is 7.74. The third kappa shape index (κ3) is 4.19. The third-order valence-corrected chi connectivity index (χ3v) is 5.78. The Bertz CT molecular complexity index is 763. The van der Waals surface area contributed by atoms with Gasteiger partial charge in [0.25, 0.3) is 0 Å². The number of benzene rings is 1. The number of sulfonamides is 1. The van der Waals surface area contributed by atoms with Crippen LogP contribution in [0.2, 0.25) is 5.02 Å². The van der Waals surface area contributed by atoms with E-state index in [9.17, 15) is 8.42 Å². The molecule has 0 bridgehead atoms. The van der Waals surface area contributed by atoms with Crippen LogP contribution < -0.4 is 5.32 Å². The van der Waals surface area contributed by atoms with Crippen molar-refractivity contribution in [2.75, 3.05) is 12.4 Å².